The number of fused-ring (bicyclic) bond motifs is 1. The predicted molar refractivity (Wildman–Crippen MR) is 87.9 cm³/mol. The Balaban J connectivity index is 2.06. The standard InChI is InChI=1S/C16H14N2O3S/c1-20-13-8-11-12(9-14(13)21-2)17-16(22)18(15(11)19)10-6-4-3-5-7-10/h3-9,13H,1-2H3. The number of carbonyl (C=O) groups excluding carboxylic acids is 1. The number of amides is 1. The Hall–Kier alpha value is -2.31. The zero-order valence-electron chi connectivity index (χ0n) is 12.1. The molecule has 3 rings (SSSR count). The van der Waals surface area contributed by atoms with Crippen molar-refractivity contribution in [1.82, 2.24) is 0 Å². The second-order valence-corrected chi connectivity index (χ2v) is 5.11. The van der Waals surface area contributed by atoms with Gasteiger partial charge in [0.15, 0.2) is 0 Å². The molecule has 0 fully saturated rings. The van der Waals surface area contributed by atoms with E-state index in [1.54, 1.807) is 26.4 Å². The predicted octanol–water partition coefficient (Wildman–Crippen LogP) is 2.24. The van der Waals surface area contributed by atoms with Gasteiger partial charge in [-0.3, -0.25) is 9.69 Å². The molecule has 0 aromatic heterocycles. The first kappa shape index (κ1) is 14.6. The number of carbonyl (C=O) groups is 1. The average Bonchev–Trinajstić information content (AvgIpc) is 2.54. The highest BCUT2D eigenvalue weighted by molar-refractivity contribution is 7.80. The van der Waals surface area contributed by atoms with Gasteiger partial charge in [-0.25, -0.2) is 4.99 Å². The molecule has 6 heteroatoms. The Labute approximate surface area is 133 Å². The molecule has 0 saturated carbocycles. The van der Waals surface area contributed by atoms with E-state index >= 15 is 0 Å². The van der Waals surface area contributed by atoms with Crippen molar-refractivity contribution < 1.29 is 14.3 Å². The van der Waals surface area contributed by atoms with E-state index in [0.717, 1.165) is 0 Å². The lowest BCUT2D eigenvalue weighted by atomic mass is 9.97. The van der Waals surface area contributed by atoms with Crippen molar-refractivity contribution in [2.45, 2.75) is 6.10 Å². The van der Waals surface area contributed by atoms with Crippen molar-refractivity contribution in [2.75, 3.05) is 19.1 Å². The van der Waals surface area contributed by atoms with Crippen molar-refractivity contribution in [3.05, 3.63) is 53.8 Å². The molecule has 2 aliphatic rings. The molecule has 1 aliphatic heterocycles. The molecule has 1 heterocycles. The molecule has 0 N–H and O–H groups in total. The third-order valence-corrected chi connectivity index (χ3v) is 3.77. The Morgan fingerprint density at radius 1 is 1.23 bits per heavy atom. The van der Waals surface area contributed by atoms with Gasteiger partial charge in [-0.15, -0.1) is 0 Å². The number of aliphatic imine (C=N–C) groups is 1. The highest BCUT2D eigenvalue weighted by atomic mass is 32.1. The molecule has 5 nitrogen and oxygen atoms in total. The van der Waals surface area contributed by atoms with Gasteiger partial charge in [0.25, 0.3) is 5.91 Å². The van der Waals surface area contributed by atoms with Crippen LogP contribution in [0.25, 0.3) is 0 Å². The van der Waals surface area contributed by atoms with Gasteiger partial charge in [0.2, 0.25) is 5.11 Å². The highest BCUT2D eigenvalue weighted by Gasteiger charge is 2.34. The second-order valence-electron chi connectivity index (χ2n) is 4.74. The Bertz CT molecular complexity index is 722. The first-order valence-corrected chi connectivity index (χ1v) is 7.09. The lowest BCUT2D eigenvalue weighted by Crippen LogP contribution is -2.43. The van der Waals surface area contributed by atoms with Crippen molar-refractivity contribution >= 4 is 34.6 Å². The molecule has 112 valence electrons. The topological polar surface area (TPSA) is 51.1 Å². The van der Waals surface area contributed by atoms with E-state index in [0.29, 0.717) is 22.7 Å². The highest BCUT2D eigenvalue weighted by Crippen LogP contribution is 2.27. The maximum Gasteiger partial charge on any atom is 0.266 e. The maximum absolute atomic E-state index is 12.8. The summed E-state index contributed by atoms with van der Waals surface area (Å²) < 4.78 is 10.6. The number of hydrogen-bond donors (Lipinski definition) is 0. The van der Waals surface area contributed by atoms with Crippen LogP contribution in [0.3, 0.4) is 0 Å². The van der Waals surface area contributed by atoms with E-state index in [1.807, 2.05) is 30.3 Å². The van der Waals surface area contributed by atoms with E-state index in [9.17, 15) is 4.79 Å². The molecule has 0 saturated heterocycles. The summed E-state index contributed by atoms with van der Waals surface area (Å²) >= 11 is 5.28. The van der Waals surface area contributed by atoms with Crippen molar-refractivity contribution in [3.63, 3.8) is 0 Å². The monoisotopic (exact) mass is 314 g/mol. The molecular weight excluding hydrogens is 300 g/mol. The van der Waals surface area contributed by atoms with Crippen LogP contribution in [0, 0.1) is 0 Å². The lowest BCUT2D eigenvalue weighted by Gasteiger charge is -2.30. The summed E-state index contributed by atoms with van der Waals surface area (Å²) in [5.41, 5.74) is 1.66. The number of para-hydroxylation sites is 1. The molecule has 1 unspecified atom stereocenters. The lowest BCUT2D eigenvalue weighted by molar-refractivity contribution is -0.113. The smallest absolute Gasteiger partial charge is 0.266 e. The van der Waals surface area contributed by atoms with Crippen LogP contribution in [0.4, 0.5) is 5.69 Å². The molecule has 1 aromatic rings. The van der Waals surface area contributed by atoms with E-state index < -0.39 is 6.10 Å². The van der Waals surface area contributed by atoms with E-state index in [-0.39, 0.29) is 11.0 Å². The van der Waals surface area contributed by atoms with Crippen molar-refractivity contribution in [3.8, 4) is 0 Å². The Kier molecular flexibility index (Phi) is 3.87. The number of methoxy groups -OCH3 is 2. The van der Waals surface area contributed by atoms with E-state index in [4.69, 9.17) is 21.7 Å². The molecule has 1 aromatic carbocycles. The molecule has 1 aliphatic carbocycles. The number of anilines is 1. The van der Waals surface area contributed by atoms with Gasteiger partial charge in [0.05, 0.1) is 24.1 Å². The average molecular weight is 314 g/mol. The second kappa shape index (κ2) is 5.82. The van der Waals surface area contributed by atoms with Gasteiger partial charge in [0.1, 0.15) is 11.9 Å². The summed E-state index contributed by atoms with van der Waals surface area (Å²) in [6, 6.07) is 9.21. The SMILES string of the molecule is COC1=CC2=NC(=S)N(c3ccccc3)C(=O)C2=CC1OC. The van der Waals surface area contributed by atoms with Crippen LogP contribution in [0.15, 0.2) is 58.8 Å². The number of thiocarbonyl (C=S) groups is 1. The quantitative estimate of drug-likeness (QED) is 0.803. The van der Waals surface area contributed by atoms with Gasteiger partial charge in [-0.2, -0.15) is 0 Å². The molecule has 1 amide bonds. The van der Waals surface area contributed by atoms with Crippen LogP contribution < -0.4 is 4.90 Å². The maximum atomic E-state index is 12.8. The van der Waals surface area contributed by atoms with Gasteiger partial charge < -0.3 is 9.47 Å². The zero-order valence-corrected chi connectivity index (χ0v) is 13.0. The number of benzene rings is 1. The van der Waals surface area contributed by atoms with Crippen LogP contribution in [-0.2, 0) is 14.3 Å². The third kappa shape index (κ3) is 2.36. The number of nitrogens with zero attached hydrogens (tertiary/aromatic N) is 2. The summed E-state index contributed by atoms with van der Waals surface area (Å²) in [6.07, 6.45) is 2.99. The largest absolute Gasteiger partial charge is 0.498 e. The molecule has 22 heavy (non-hydrogen) atoms. The summed E-state index contributed by atoms with van der Waals surface area (Å²) in [5.74, 6) is 0.378. The molecule has 0 spiro atoms. The van der Waals surface area contributed by atoms with E-state index in [1.165, 1.54) is 4.90 Å². The van der Waals surface area contributed by atoms with Gasteiger partial charge in [-0.1, -0.05) is 18.2 Å². The van der Waals surface area contributed by atoms with Crippen LogP contribution in [0.1, 0.15) is 0 Å². The number of allylic oxidation sites excluding steroid dienone is 1. The molecule has 0 bridgehead atoms. The first-order chi connectivity index (χ1) is 10.7. The van der Waals surface area contributed by atoms with E-state index in [2.05, 4.69) is 4.99 Å². The molecule has 0 radical (unpaired) electrons. The zero-order chi connectivity index (χ0) is 15.7. The fourth-order valence-corrected chi connectivity index (χ4v) is 2.70. The van der Waals surface area contributed by atoms with Gasteiger partial charge in [0, 0.05) is 13.2 Å². The van der Waals surface area contributed by atoms with Gasteiger partial charge in [-0.05, 0) is 30.4 Å². The van der Waals surface area contributed by atoms with Crippen LogP contribution in [0.5, 0.6) is 0 Å². The van der Waals surface area contributed by atoms with Crippen molar-refractivity contribution in [2.24, 2.45) is 4.99 Å². The van der Waals surface area contributed by atoms with Crippen LogP contribution >= 0.6 is 12.2 Å². The number of rotatable bonds is 3. The fraction of sp³-hybridized carbons (Fsp3) is 0.188. The summed E-state index contributed by atoms with van der Waals surface area (Å²) in [7, 11) is 3.11. The fourth-order valence-electron chi connectivity index (χ4n) is 2.41. The summed E-state index contributed by atoms with van der Waals surface area (Å²) in [4.78, 5) is 18.6. The number of ether oxygens (including phenoxy) is 2. The summed E-state index contributed by atoms with van der Waals surface area (Å²) in [5, 5.41) is 0.214. The first-order valence-electron chi connectivity index (χ1n) is 6.68. The Morgan fingerprint density at radius 2 is 1.95 bits per heavy atom. The molecular formula is C16H14N2O3S. The van der Waals surface area contributed by atoms with Crippen LogP contribution in [0.2, 0.25) is 0 Å². The normalized spacial score (nSPS) is 20.9. The van der Waals surface area contributed by atoms with Gasteiger partial charge >= 0.3 is 0 Å². The summed E-state index contributed by atoms with van der Waals surface area (Å²) in [6.45, 7) is 0. The van der Waals surface area contributed by atoms with Crippen molar-refractivity contribution in [1.29, 1.82) is 0 Å². The minimum Gasteiger partial charge on any atom is -0.498 e. The molecule has 1 atom stereocenters. The minimum atomic E-state index is -0.410. The van der Waals surface area contributed by atoms with Crippen LogP contribution in [-0.4, -0.2) is 37.1 Å². The minimum absolute atomic E-state index is 0.213. The number of hydrogen-bond acceptors (Lipinski definition) is 4. The Morgan fingerprint density at radius 3 is 2.59 bits per heavy atom. The third-order valence-electron chi connectivity index (χ3n) is 3.50.